The number of carbonyl (C=O) groups excluding carboxylic acids is 2. The van der Waals surface area contributed by atoms with Gasteiger partial charge in [0.15, 0.2) is 5.78 Å². The van der Waals surface area contributed by atoms with E-state index in [9.17, 15) is 9.59 Å². The minimum atomic E-state index is -0.0960. The Balaban J connectivity index is 1.70. The molecule has 2 N–H and O–H groups in total. The van der Waals surface area contributed by atoms with Crippen LogP contribution in [0.1, 0.15) is 29.8 Å². The van der Waals surface area contributed by atoms with Gasteiger partial charge in [-0.2, -0.15) is 0 Å². The Morgan fingerprint density at radius 1 is 1.12 bits per heavy atom. The average Bonchev–Trinajstić information content (AvgIpc) is 3.04. The predicted octanol–water partition coefficient (Wildman–Crippen LogP) is 4.66. The molecule has 0 radical (unpaired) electrons. The van der Waals surface area contributed by atoms with E-state index < -0.39 is 0 Å². The summed E-state index contributed by atoms with van der Waals surface area (Å²) in [5, 5.41) is 3.72. The van der Waals surface area contributed by atoms with E-state index in [1.807, 2.05) is 42.6 Å². The van der Waals surface area contributed by atoms with E-state index in [1.54, 1.807) is 0 Å². The summed E-state index contributed by atoms with van der Waals surface area (Å²) in [6, 6.07) is 13.6. The van der Waals surface area contributed by atoms with Crippen LogP contribution in [0.5, 0.6) is 0 Å². The molecule has 128 valence electrons. The lowest BCUT2D eigenvalue weighted by molar-refractivity contribution is -0.114. The van der Waals surface area contributed by atoms with Crippen LogP contribution in [0.25, 0.3) is 10.9 Å². The number of amides is 1. The first-order chi connectivity index (χ1) is 12.1. The van der Waals surface area contributed by atoms with Gasteiger partial charge in [0.05, 0.1) is 5.75 Å². The van der Waals surface area contributed by atoms with Crippen LogP contribution in [0.4, 0.5) is 5.69 Å². The molecule has 0 atom stereocenters. The van der Waals surface area contributed by atoms with Crippen molar-refractivity contribution in [2.24, 2.45) is 0 Å². The van der Waals surface area contributed by atoms with Crippen molar-refractivity contribution in [3.63, 3.8) is 0 Å². The largest absolute Gasteiger partial charge is 0.360 e. The number of nitrogens with one attached hydrogen (secondary N) is 2. The fourth-order valence-electron chi connectivity index (χ4n) is 2.81. The van der Waals surface area contributed by atoms with Crippen LogP contribution in [-0.2, 0) is 11.2 Å². The highest BCUT2D eigenvalue weighted by molar-refractivity contribution is 8.00. The summed E-state index contributed by atoms with van der Waals surface area (Å²) < 4.78 is 0. The summed E-state index contributed by atoms with van der Waals surface area (Å²) in [4.78, 5) is 27.9. The van der Waals surface area contributed by atoms with Gasteiger partial charge in [0, 0.05) is 40.2 Å². The number of ketones is 1. The third-order valence-electron chi connectivity index (χ3n) is 4.03. The summed E-state index contributed by atoms with van der Waals surface area (Å²) in [6.07, 6.45) is 2.74. The maximum absolute atomic E-state index is 12.6. The summed E-state index contributed by atoms with van der Waals surface area (Å²) in [5.41, 5.74) is 3.77. The number of thioether (sulfide) groups is 1. The second-order valence-corrected chi connectivity index (χ2v) is 6.86. The molecule has 0 saturated carbocycles. The number of para-hydroxylation sites is 1. The zero-order valence-electron chi connectivity index (χ0n) is 14.3. The molecule has 0 aliphatic carbocycles. The molecule has 3 aromatic rings. The van der Waals surface area contributed by atoms with Crippen molar-refractivity contribution in [3.8, 4) is 0 Å². The Morgan fingerprint density at radius 3 is 2.56 bits per heavy atom. The minimum absolute atomic E-state index is 0.0960. The lowest BCUT2D eigenvalue weighted by Crippen LogP contribution is -2.05. The van der Waals surface area contributed by atoms with Crippen LogP contribution in [0.2, 0.25) is 0 Å². The second kappa shape index (κ2) is 7.57. The van der Waals surface area contributed by atoms with Crippen LogP contribution in [0.15, 0.2) is 53.6 Å². The van der Waals surface area contributed by atoms with E-state index >= 15 is 0 Å². The number of carbonyl (C=O) groups is 2. The van der Waals surface area contributed by atoms with Crippen molar-refractivity contribution in [2.45, 2.75) is 25.2 Å². The Hall–Kier alpha value is -2.53. The molecule has 0 aliphatic heterocycles. The van der Waals surface area contributed by atoms with Gasteiger partial charge in [-0.05, 0) is 36.2 Å². The van der Waals surface area contributed by atoms with Gasteiger partial charge >= 0.3 is 0 Å². The van der Waals surface area contributed by atoms with E-state index in [0.29, 0.717) is 5.75 Å². The third-order valence-corrected chi connectivity index (χ3v) is 5.04. The molecule has 25 heavy (non-hydrogen) atoms. The molecule has 0 fully saturated rings. The van der Waals surface area contributed by atoms with Crippen LogP contribution in [0, 0.1) is 0 Å². The first-order valence-electron chi connectivity index (χ1n) is 8.21. The van der Waals surface area contributed by atoms with Crippen molar-refractivity contribution < 1.29 is 9.59 Å². The van der Waals surface area contributed by atoms with E-state index in [4.69, 9.17) is 0 Å². The van der Waals surface area contributed by atoms with E-state index in [-0.39, 0.29) is 11.7 Å². The average molecular weight is 352 g/mol. The standard InChI is InChI=1S/C20H20N2O2S/c1-3-14-5-4-6-17-18(11-21-20(14)17)19(24)12-25-16-9-7-15(8-10-16)22-13(2)23/h4-11,21H,3,12H2,1-2H3,(H,22,23). The van der Waals surface area contributed by atoms with Crippen LogP contribution in [-0.4, -0.2) is 22.4 Å². The van der Waals surface area contributed by atoms with Gasteiger partial charge in [0.25, 0.3) is 0 Å². The number of benzene rings is 2. The summed E-state index contributed by atoms with van der Waals surface area (Å²) >= 11 is 1.50. The fraction of sp³-hybridized carbons (Fsp3) is 0.200. The maximum atomic E-state index is 12.6. The number of aromatic amines is 1. The van der Waals surface area contributed by atoms with E-state index in [0.717, 1.165) is 33.5 Å². The number of aryl methyl sites for hydroxylation is 1. The first-order valence-corrected chi connectivity index (χ1v) is 9.19. The number of hydrogen-bond acceptors (Lipinski definition) is 3. The quantitative estimate of drug-likeness (QED) is 0.501. The van der Waals surface area contributed by atoms with Crippen LogP contribution in [0.3, 0.4) is 0 Å². The van der Waals surface area contributed by atoms with Gasteiger partial charge in [0.1, 0.15) is 0 Å². The number of rotatable bonds is 6. The molecule has 1 amide bonds. The second-order valence-electron chi connectivity index (χ2n) is 5.81. The Bertz CT molecular complexity index is 913. The number of fused-ring (bicyclic) bond motifs is 1. The summed E-state index contributed by atoms with van der Waals surface area (Å²) in [6.45, 7) is 3.59. The molecule has 2 aromatic carbocycles. The smallest absolute Gasteiger partial charge is 0.221 e. The first kappa shape index (κ1) is 17.3. The monoisotopic (exact) mass is 352 g/mol. The molecular formula is C20H20N2O2S. The molecule has 3 rings (SSSR count). The molecule has 0 aliphatic rings. The van der Waals surface area contributed by atoms with Crippen LogP contribution >= 0.6 is 11.8 Å². The molecule has 5 heteroatoms. The third kappa shape index (κ3) is 3.94. The maximum Gasteiger partial charge on any atom is 0.221 e. The molecular weight excluding hydrogens is 332 g/mol. The highest BCUT2D eigenvalue weighted by atomic mass is 32.2. The summed E-state index contributed by atoms with van der Waals surface area (Å²) in [7, 11) is 0. The number of aromatic nitrogens is 1. The number of anilines is 1. The molecule has 0 saturated heterocycles. The van der Waals surface area contributed by atoms with Crippen molar-refractivity contribution in [1.29, 1.82) is 0 Å². The predicted molar refractivity (Wildman–Crippen MR) is 103 cm³/mol. The van der Waals surface area contributed by atoms with Gasteiger partial charge in [-0.25, -0.2) is 0 Å². The zero-order valence-corrected chi connectivity index (χ0v) is 15.1. The van der Waals surface area contributed by atoms with Gasteiger partial charge in [0.2, 0.25) is 5.91 Å². The van der Waals surface area contributed by atoms with Crippen LogP contribution < -0.4 is 5.32 Å². The van der Waals surface area contributed by atoms with E-state index in [1.165, 1.54) is 24.2 Å². The molecule has 0 bridgehead atoms. The minimum Gasteiger partial charge on any atom is -0.360 e. The Labute approximate surface area is 151 Å². The van der Waals surface area contributed by atoms with Gasteiger partial charge in [-0.1, -0.05) is 25.1 Å². The highest BCUT2D eigenvalue weighted by Crippen LogP contribution is 2.26. The van der Waals surface area contributed by atoms with Gasteiger partial charge in [-0.15, -0.1) is 11.8 Å². The van der Waals surface area contributed by atoms with E-state index in [2.05, 4.69) is 23.3 Å². The summed E-state index contributed by atoms with van der Waals surface area (Å²) in [5.74, 6) is 0.389. The van der Waals surface area contributed by atoms with Crippen molar-refractivity contribution in [1.82, 2.24) is 4.98 Å². The lowest BCUT2D eigenvalue weighted by atomic mass is 10.1. The molecule has 4 nitrogen and oxygen atoms in total. The number of Topliss-reactive ketones (excluding diaryl/α,β-unsaturated/α-hetero) is 1. The van der Waals surface area contributed by atoms with Crippen molar-refractivity contribution in [2.75, 3.05) is 11.1 Å². The molecule has 0 unspecified atom stereocenters. The molecule has 1 heterocycles. The van der Waals surface area contributed by atoms with Gasteiger partial charge in [-0.3, -0.25) is 9.59 Å². The highest BCUT2D eigenvalue weighted by Gasteiger charge is 2.13. The molecule has 0 spiro atoms. The SMILES string of the molecule is CCc1cccc2c(C(=O)CSc3ccc(NC(C)=O)cc3)c[nH]c12. The Morgan fingerprint density at radius 2 is 1.88 bits per heavy atom. The zero-order chi connectivity index (χ0) is 17.8. The normalized spacial score (nSPS) is 10.8. The lowest BCUT2D eigenvalue weighted by Gasteiger charge is -2.04. The topological polar surface area (TPSA) is 62.0 Å². The molecule has 1 aromatic heterocycles. The number of H-pyrrole nitrogens is 1. The number of hydrogen-bond donors (Lipinski definition) is 2. The van der Waals surface area contributed by atoms with Gasteiger partial charge < -0.3 is 10.3 Å². The fourth-order valence-corrected chi connectivity index (χ4v) is 3.59. The van der Waals surface area contributed by atoms with Crippen molar-refractivity contribution in [3.05, 3.63) is 59.8 Å². The van der Waals surface area contributed by atoms with Crippen molar-refractivity contribution >= 4 is 40.0 Å². The Kier molecular flexibility index (Phi) is 5.24.